The van der Waals surface area contributed by atoms with Crippen LogP contribution in [0, 0.1) is 12.7 Å². The van der Waals surface area contributed by atoms with Gasteiger partial charge in [0.05, 0.1) is 24.5 Å². The van der Waals surface area contributed by atoms with Gasteiger partial charge in [-0.3, -0.25) is 9.69 Å². The molecular formula is C21H25FN6O3. The summed E-state index contributed by atoms with van der Waals surface area (Å²) in [6.45, 7) is 6.63. The van der Waals surface area contributed by atoms with E-state index in [2.05, 4.69) is 20.2 Å². The van der Waals surface area contributed by atoms with Crippen molar-refractivity contribution in [2.45, 2.75) is 20.0 Å². The highest BCUT2D eigenvalue weighted by atomic mass is 19.1. The van der Waals surface area contributed by atoms with Crippen LogP contribution in [0.2, 0.25) is 0 Å². The number of carbonyl (C=O) groups excluding carboxylic acids is 2. The van der Waals surface area contributed by atoms with Crippen LogP contribution in [0.25, 0.3) is 0 Å². The molecule has 1 aromatic heterocycles. The van der Waals surface area contributed by atoms with E-state index in [0.717, 1.165) is 24.5 Å². The fourth-order valence-corrected chi connectivity index (χ4v) is 3.90. The topological polar surface area (TPSA) is 90.9 Å². The van der Waals surface area contributed by atoms with Gasteiger partial charge in [-0.05, 0) is 25.1 Å². The van der Waals surface area contributed by atoms with Crippen LogP contribution in [0.4, 0.5) is 26.4 Å². The lowest BCUT2D eigenvalue weighted by Crippen LogP contribution is -2.47. The number of nitrogens with one attached hydrogen (secondary N) is 1. The number of benzene rings is 1. The van der Waals surface area contributed by atoms with Crippen LogP contribution in [-0.4, -0.2) is 67.3 Å². The van der Waals surface area contributed by atoms with Crippen molar-refractivity contribution in [3.8, 4) is 0 Å². The number of amides is 2. The van der Waals surface area contributed by atoms with Crippen LogP contribution in [0.15, 0.2) is 30.7 Å². The molecule has 2 aliphatic rings. The Bertz CT molecular complexity index is 979. The molecule has 10 heteroatoms. The highest BCUT2D eigenvalue weighted by molar-refractivity contribution is 5.90. The number of aryl methyl sites for hydroxylation is 1. The maximum atomic E-state index is 14.9. The lowest BCUT2D eigenvalue weighted by Gasteiger charge is -2.37. The summed E-state index contributed by atoms with van der Waals surface area (Å²) in [5, 5.41) is 2.63. The quantitative estimate of drug-likeness (QED) is 0.775. The number of cyclic esters (lactones) is 1. The summed E-state index contributed by atoms with van der Waals surface area (Å²) in [7, 11) is 0. The van der Waals surface area contributed by atoms with Crippen LogP contribution in [0.3, 0.4) is 0 Å². The van der Waals surface area contributed by atoms with E-state index in [9.17, 15) is 14.0 Å². The average molecular weight is 428 g/mol. The second-order valence-electron chi connectivity index (χ2n) is 7.69. The number of hydrogen-bond donors (Lipinski definition) is 1. The zero-order valence-corrected chi connectivity index (χ0v) is 17.5. The van der Waals surface area contributed by atoms with Gasteiger partial charge in [0.2, 0.25) is 5.91 Å². The van der Waals surface area contributed by atoms with Gasteiger partial charge in [0.1, 0.15) is 24.1 Å². The molecule has 2 aromatic rings. The first-order chi connectivity index (χ1) is 14.9. The number of aromatic nitrogens is 2. The van der Waals surface area contributed by atoms with Gasteiger partial charge in [0, 0.05) is 44.9 Å². The first-order valence-electron chi connectivity index (χ1n) is 10.2. The van der Waals surface area contributed by atoms with E-state index >= 15 is 0 Å². The van der Waals surface area contributed by atoms with Crippen LogP contribution < -0.4 is 20.0 Å². The number of carbonyl (C=O) groups is 2. The summed E-state index contributed by atoms with van der Waals surface area (Å²) < 4.78 is 20.2. The maximum absolute atomic E-state index is 14.9. The van der Waals surface area contributed by atoms with Crippen LogP contribution >= 0.6 is 0 Å². The molecule has 4 rings (SSSR count). The van der Waals surface area contributed by atoms with E-state index in [0.29, 0.717) is 24.5 Å². The van der Waals surface area contributed by atoms with E-state index in [-0.39, 0.29) is 24.8 Å². The van der Waals surface area contributed by atoms with Crippen LogP contribution in [0.1, 0.15) is 12.5 Å². The third kappa shape index (κ3) is 4.52. The number of halogens is 1. The first-order valence-corrected chi connectivity index (χ1v) is 10.2. The smallest absolute Gasteiger partial charge is 0.414 e. The monoisotopic (exact) mass is 428 g/mol. The largest absolute Gasteiger partial charge is 0.442 e. The Morgan fingerprint density at radius 2 is 2.00 bits per heavy atom. The van der Waals surface area contributed by atoms with Gasteiger partial charge < -0.3 is 19.9 Å². The Labute approximate surface area is 179 Å². The molecule has 164 valence electrons. The molecule has 2 fully saturated rings. The molecule has 2 amide bonds. The second kappa shape index (κ2) is 8.75. The number of nitrogens with zero attached hydrogens (tertiary/aromatic N) is 5. The molecular weight excluding hydrogens is 403 g/mol. The summed E-state index contributed by atoms with van der Waals surface area (Å²) >= 11 is 0. The summed E-state index contributed by atoms with van der Waals surface area (Å²) in [6, 6.07) is 4.78. The molecule has 0 spiro atoms. The van der Waals surface area contributed by atoms with Gasteiger partial charge in [-0.2, -0.15) is 0 Å². The van der Waals surface area contributed by atoms with Crippen molar-refractivity contribution in [2.24, 2.45) is 0 Å². The van der Waals surface area contributed by atoms with Crippen molar-refractivity contribution >= 4 is 29.2 Å². The van der Waals surface area contributed by atoms with E-state index in [1.54, 1.807) is 18.3 Å². The molecule has 0 saturated carbocycles. The van der Waals surface area contributed by atoms with Crippen molar-refractivity contribution in [3.05, 3.63) is 42.1 Å². The maximum Gasteiger partial charge on any atom is 0.414 e. The fraction of sp³-hybridized carbons (Fsp3) is 0.429. The van der Waals surface area contributed by atoms with E-state index < -0.39 is 12.2 Å². The number of ether oxygens (including phenoxy) is 1. The zero-order valence-electron chi connectivity index (χ0n) is 17.5. The minimum absolute atomic E-state index is 0.195. The predicted molar refractivity (Wildman–Crippen MR) is 114 cm³/mol. The molecule has 1 unspecified atom stereocenters. The van der Waals surface area contributed by atoms with Crippen LogP contribution in [-0.2, 0) is 9.53 Å². The van der Waals surface area contributed by atoms with Crippen molar-refractivity contribution in [1.82, 2.24) is 15.3 Å². The van der Waals surface area contributed by atoms with Gasteiger partial charge in [-0.1, -0.05) is 0 Å². The number of hydrogen-bond acceptors (Lipinski definition) is 7. The summed E-state index contributed by atoms with van der Waals surface area (Å²) in [5.41, 5.74) is 1.96. The van der Waals surface area contributed by atoms with Gasteiger partial charge in [0.25, 0.3) is 0 Å². The lowest BCUT2D eigenvalue weighted by molar-refractivity contribution is -0.119. The fourth-order valence-electron chi connectivity index (χ4n) is 3.90. The van der Waals surface area contributed by atoms with Crippen molar-refractivity contribution in [2.75, 3.05) is 54.0 Å². The molecule has 0 aliphatic carbocycles. The zero-order chi connectivity index (χ0) is 22.0. The Hall–Kier alpha value is -3.43. The standard InChI is InChI=1S/C21H25FN6O3/c1-14-10-23-13-25-20(14)27-7-5-26(6-8-27)19-4-3-16(9-18(19)22)28-12-17(31-21(28)30)11-24-15(2)29/h3-4,9-10,13,17H,5-8,11-12H2,1-2H3,(H,24,29). The summed E-state index contributed by atoms with van der Waals surface area (Å²) in [4.78, 5) is 37.2. The number of rotatable bonds is 5. The normalized spacial score (nSPS) is 18.9. The molecule has 1 N–H and O–H groups in total. The Morgan fingerprint density at radius 3 is 2.68 bits per heavy atom. The molecule has 31 heavy (non-hydrogen) atoms. The van der Waals surface area contributed by atoms with Gasteiger partial charge >= 0.3 is 6.09 Å². The third-order valence-corrected chi connectivity index (χ3v) is 5.48. The molecule has 1 aromatic carbocycles. The highest BCUT2D eigenvalue weighted by Crippen LogP contribution is 2.29. The molecule has 9 nitrogen and oxygen atoms in total. The molecule has 2 aliphatic heterocycles. The van der Waals surface area contributed by atoms with Gasteiger partial charge in [0.15, 0.2) is 0 Å². The molecule has 2 saturated heterocycles. The Kier molecular flexibility index (Phi) is 5.88. The number of piperazine rings is 1. The Balaban J connectivity index is 1.40. The highest BCUT2D eigenvalue weighted by Gasteiger charge is 2.33. The van der Waals surface area contributed by atoms with E-state index in [1.165, 1.54) is 24.2 Å². The number of anilines is 3. The van der Waals surface area contributed by atoms with Crippen LogP contribution in [0.5, 0.6) is 0 Å². The molecule has 3 heterocycles. The van der Waals surface area contributed by atoms with Crippen molar-refractivity contribution < 1.29 is 18.7 Å². The van der Waals surface area contributed by atoms with Crippen molar-refractivity contribution in [1.29, 1.82) is 0 Å². The first kappa shape index (κ1) is 20.8. The molecule has 1 atom stereocenters. The van der Waals surface area contributed by atoms with Gasteiger partial charge in [-0.15, -0.1) is 0 Å². The summed E-state index contributed by atoms with van der Waals surface area (Å²) in [6.07, 6.45) is 2.32. The summed E-state index contributed by atoms with van der Waals surface area (Å²) in [5.74, 6) is 0.328. The lowest BCUT2D eigenvalue weighted by atomic mass is 10.2. The third-order valence-electron chi connectivity index (χ3n) is 5.48. The second-order valence-corrected chi connectivity index (χ2v) is 7.69. The average Bonchev–Trinajstić information content (AvgIpc) is 3.13. The van der Waals surface area contributed by atoms with Crippen molar-refractivity contribution in [3.63, 3.8) is 0 Å². The SMILES string of the molecule is CC(=O)NCC1CN(c2ccc(N3CCN(c4ncncc4C)CC3)c(F)c2)C(=O)O1. The minimum atomic E-state index is -0.545. The predicted octanol–water partition coefficient (Wildman–Crippen LogP) is 1.71. The van der Waals surface area contributed by atoms with E-state index in [4.69, 9.17) is 4.74 Å². The van der Waals surface area contributed by atoms with Gasteiger partial charge in [-0.25, -0.2) is 19.2 Å². The Morgan fingerprint density at radius 1 is 1.26 bits per heavy atom. The molecule has 0 radical (unpaired) electrons. The molecule has 0 bridgehead atoms. The minimum Gasteiger partial charge on any atom is -0.442 e. The van der Waals surface area contributed by atoms with E-state index in [1.807, 2.05) is 11.8 Å².